The van der Waals surface area contributed by atoms with Crippen molar-refractivity contribution in [1.29, 1.82) is 5.26 Å². The first-order chi connectivity index (χ1) is 12.2. The maximum atomic E-state index is 12.1. The van der Waals surface area contributed by atoms with Crippen molar-refractivity contribution in [3.8, 4) is 6.07 Å². The van der Waals surface area contributed by atoms with E-state index in [1.54, 1.807) is 12.1 Å². The molecule has 0 spiro atoms. The summed E-state index contributed by atoms with van der Waals surface area (Å²) < 4.78 is 4.97. The summed E-state index contributed by atoms with van der Waals surface area (Å²) in [6.07, 6.45) is 6.63. The van der Waals surface area contributed by atoms with Gasteiger partial charge in [-0.1, -0.05) is 12.5 Å². The molecule has 1 N–H and O–H groups in total. The van der Waals surface area contributed by atoms with Gasteiger partial charge in [-0.05, 0) is 43.4 Å². The molecule has 0 saturated heterocycles. The average Bonchev–Trinajstić information content (AvgIpc) is 2.79. The van der Waals surface area contributed by atoms with Crippen LogP contribution in [0.3, 0.4) is 0 Å². The topological polar surface area (TPSA) is 92.1 Å². The van der Waals surface area contributed by atoms with Gasteiger partial charge < -0.3 is 10.1 Å². The summed E-state index contributed by atoms with van der Waals surface area (Å²) in [4.78, 5) is 28.9. The van der Waals surface area contributed by atoms with E-state index in [0.29, 0.717) is 10.6 Å². The number of thiophene rings is 1. The fourth-order valence-corrected chi connectivity index (χ4v) is 4.06. The molecule has 2 heterocycles. The largest absolute Gasteiger partial charge is 0.451 e. The van der Waals surface area contributed by atoms with Crippen LogP contribution in [0.5, 0.6) is 0 Å². The Morgan fingerprint density at radius 1 is 1.28 bits per heavy atom. The predicted octanol–water partition coefficient (Wildman–Crippen LogP) is 3.08. The van der Waals surface area contributed by atoms with E-state index in [1.165, 1.54) is 28.5 Å². The molecule has 1 aliphatic rings. The molecule has 0 atom stereocenters. The number of amides is 1. The zero-order chi connectivity index (χ0) is 17.6. The quantitative estimate of drug-likeness (QED) is 0.672. The minimum absolute atomic E-state index is 0.149. The van der Waals surface area contributed by atoms with E-state index in [4.69, 9.17) is 4.74 Å². The Labute approximate surface area is 149 Å². The van der Waals surface area contributed by atoms with Gasteiger partial charge in [0.25, 0.3) is 5.91 Å². The standard InChI is InChI=1S/C18H17N3O3S/c19-10-13-12-6-2-1-3-8-15(12)25-17(13)21-16(22)11-24-18(23)14-7-4-5-9-20-14/h4-5,7,9H,1-3,6,8,11H2,(H,21,22). The van der Waals surface area contributed by atoms with Crippen molar-refractivity contribution in [2.24, 2.45) is 0 Å². The van der Waals surface area contributed by atoms with Crippen LogP contribution >= 0.6 is 11.3 Å². The monoisotopic (exact) mass is 355 g/mol. The lowest BCUT2D eigenvalue weighted by molar-refractivity contribution is -0.119. The Kier molecular flexibility index (Phi) is 5.41. The van der Waals surface area contributed by atoms with Crippen molar-refractivity contribution in [3.05, 3.63) is 46.1 Å². The molecule has 0 aromatic carbocycles. The molecule has 6 nitrogen and oxygen atoms in total. The van der Waals surface area contributed by atoms with E-state index in [-0.39, 0.29) is 5.69 Å². The number of hydrogen-bond donors (Lipinski definition) is 1. The number of aromatic nitrogens is 1. The summed E-state index contributed by atoms with van der Waals surface area (Å²) in [5, 5.41) is 12.7. The number of nitriles is 1. The highest BCUT2D eigenvalue weighted by Gasteiger charge is 2.21. The molecule has 0 unspecified atom stereocenters. The number of nitrogens with one attached hydrogen (secondary N) is 1. The Morgan fingerprint density at radius 2 is 2.12 bits per heavy atom. The molecule has 128 valence electrons. The lowest BCUT2D eigenvalue weighted by atomic mass is 10.1. The molecule has 2 aromatic rings. The number of hydrogen-bond acceptors (Lipinski definition) is 6. The van der Waals surface area contributed by atoms with Crippen molar-refractivity contribution in [1.82, 2.24) is 4.98 Å². The van der Waals surface area contributed by atoms with Crippen molar-refractivity contribution in [2.45, 2.75) is 32.1 Å². The Bertz CT molecular complexity index is 824. The van der Waals surface area contributed by atoms with Crippen molar-refractivity contribution < 1.29 is 14.3 Å². The minimum atomic E-state index is -0.654. The van der Waals surface area contributed by atoms with Crippen LogP contribution < -0.4 is 5.32 Å². The van der Waals surface area contributed by atoms with Crippen LogP contribution in [0.15, 0.2) is 24.4 Å². The first-order valence-corrected chi connectivity index (χ1v) is 8.93. The summed E-state index contributed by atoms with van der Waals surface area (Å²) in [7, 11) is 0. The zero-order valence-electron chi connectivity index (χ0n) is 13.6. The number of fused-ring (bicyclic) bond motifs is 1. The molecule has 0 bridgehead atoms. The van der Waals surface area contributed by atoms with E-state index in [9.17, 15) is 14.9 Å². The molecule has 25 heavy (non-hydrogen) atoms. The molecule has 1 amide bonds. The van der Waals surface area contributed by atoms with E-state index in [0.717, 1.165) is 37.7 Å². The fraction of sp³-hybridized carbons (Fsp3) is 0.333. The number of ether oxygens (including phenoxy) is 1. The summed E-state index contributed by atoms with van der Waals surface area (Å²) in [6.45, 7) is -0.414. The highest BCUT2D eigenvalue weighted by atomic mass is 32.1. The van der Waals surface area contributed by atoms with Gasteiger partial charge >= 0.3 is 5.97 Å². The number of rotatable bonds is 4. The number of aryl methyl sites for hydroxylation is 1. The third-order valence-electron chi connectivity index (χ3n) is 3.99. The average molecular weight is 355 g/mol. The number of carbonyl (C=O) groups excluding carboxylic acids is 2. The van der Waals surface area contributed by atoms with Crippen molar-refractivity contribution in [2.75, 3.05) is 11.9 Å². The number of esters is 1. The zero-order valence-corrected chi connectivity index (χ0v) is 14.4. The van der Waals surface area contributed by atoms with Crippen molar-refractivity contribution in [3.63, 3.8) is 0 Å². The number of anilines is 1. The molecule has 0 aliphatic heterocycles. The van der Waals surface area contributed by atoms with Gasteiger partial charge in [-0.3, -0.25) is 4.79 Å². The Morgan fingerprint density at radius 3 is 2.88 bits per heavy atom. The highest BCUT2D eigenvalue weighted by Crippen LogP contribution is 2.36. The molecule has 2 aromatic heterocycles. The number of pyridine rings is 1. The second-order valence-electron chi connectivity index (χ2n) is 5.72. The molecular formula is C18H17N3O3S. The maximum absolute atomic E-state index is 12.1. The third kappa shape index (κ3) is 4.03. The Balaban J connectivity index is 1.63. The molecule has 1 aliphatic carbocycles. The van der Waals surface area contributed by atoms with E-state index < -0.39 is 18.5 Å². The Hall–Kier alpha value is -2.72. The van der Waals surface area contributed by atoms with Gasteiger partial charge in [0.05, 0.1) is 5.56 Å². The van der Waals surface area contributed by atoms with E-state index in [2.05, 4.69) is 16.4 Å². The molecule has 3 rings (SSSR count). The van der Waals surface area contributed by atoms with Crippen LogP contribution in [0.1, 0.15) is 45.8 Å². The lowest BCUT2D eigenvalue weighted by Crippen LogP contribution is -2.21. The smallest absolute Gasteiger partial charge is 0.357 e. The maximum Gasteiger partial charge on any atom is 0.357 e. The third-order valence-corrected chi connectivity index (χ3v) is 5.20. The lowest BCUT2D eigenvalue weighted by Gasteiger charge is -2.05. The SMILES string of the molecule is N#Cc1c(NC(=O)COC(=O)c2ccccn2)sc2c1CCCCC2. The van der Waals surface area contributed by atoms with Crippen LogP contribution in [0.2, 0.25) is 0 Å². The molecule has 0 radical (unpaired) electrons. The normalized spacial score (nSPS) is 13.2. The first kappa shape index (κ1) is 17.1. The first-order valence-electron chi connectivity index (χ1n) is 8.11. The number of nitrogens with zero attached hydrogens (tertiary/aromatic N) is 2. The van der Waals surface area contributed by atoms with Gasteiger partial charge in [0.15, 0.2) is 6.61 Å². The molecule has 7 heteroatoms. The van der Waals surface area contributed by atoms with E-state index in [1.807, 2.05) is 0 Å². The van der Waals surface area contributed by atoms with Crippen LogP contribution in [-0.4, -0.2) is 23.5 Å². The number of carbonyl (C=O) groups is 2. The minimum Gasteiger partial charge on any atom is -0.451 e. The fourth-order valence-electron chi connectivity index (χ4n) is 2.80. The summed E-state index contributed by atoms with van der Waals surface area (Å²) in [6, 6.07) is 7.08. The molecular weight excluding hydrogens is 338 g/mol. The van der Waals surface area contributed by atoms with Crippen LogP contribution in [0.25, 0.3) is 0 Å². The predicted molar refractivity (Wildman–Crippen MR) is 93.4 cm³/mol. The van der Waals surface area contributed by atoms with Crippen LogP contribution in [0, 0.1) is 11.3 Å². The highest BCUT2D eigenvalue weighted by molar-refractivity contribution is 7.16. The van der Waals surface area contributed by atoms with Gasteiger partial charge in [0, 0.05) is 11.1 Å². The summed E-state index contributed by atoms with van der Waals surface area (Å²) >= 11 is 1.45. The molecule has 0 saturated carbocycles. The van der Waals surface area contributed by atoms with Crippen LogP contribution in [0.4, 0.5) is 5.00 Å². The van der Waals surface area contributed by atoms with Gasteiger partial charge in [0.1, 0.15) is 16.8 Å². The van der Waals surface area contributed by atoms with Crippen molar-refractivity contribution >= 4 is 28.2 Å². The molecule has 0 fully saturated rings. The van der Waals surface area contributed by atoms with E-state index >= 15 is 0 Å². The van der Waals surface area contributed by atoms with Gasteiger partial charge in [-0.2, -0.15) is 5.26 Å². The van der Waals surface area contributed by atoms with Gasteiger partial charge in [-0.25, -0.2) is 9.78 Å². The van der Waals surface area contributed by atoms with Gasteiger partial charge in [0.2, 0.25) is 0 Å². The van der Waals surface area contributed by atoms with Crippen LogP contribution in [-0.2, 0) is 22.4 Å². The summed E-state index contributed by atoms with van der Waals surface area (Å²) in [5.74, 6) is -1.12. The second-order valence-corrected chi connectivity index (χ2v) is 6.82. The second kappa shape index (κ2) is 7.90. The van der Waals surface area contributed by atoms with Gasteiger partial charge in [-0.15, -0.1) is 11.3 Å². The summed E-state index contributed by atoms with van der Waals surface area (Å²) in [5.41, 5.74) is 1.76.